The van der Waals surface area contributed by atoms with Crippen LogP contribution in [0.2, 0.25) is 10.0 Å². The molecule has 162 valence electrons. The van der Waals surface area contributed by atoms with E-state index in [1.807, 2.05) is 30.3 Å². The highest BCUT2D eigenvalue weighted by Crippen LogP contribution is 2.43. The van der Waals surface area contributed by atoms with Crippen LogP contribution in [-0.4, -0.2) is 30.2 Å². The summed E-state index contributed by atoms with van der Waals surface area (Å²) in [5, 5.41) is 8.91. The van der Waals surface area contributed by atoms with E-state index in [0.29, 0.717) is 0 Å². The Morgan fingerprint density at radius 3 is 2.22 bits per heavy atom. The molecule has 0 bridgehead atoms. The van der Waals surface area contributed by atoms with Crippen molar-refractivity contribution in [2.24, 2.45) is 11.0 Å². The van der Waals surface area contributed by atoms with Gasteiger partial charge >= 0.3 is 0 Å². The van der Waals surface area contributed by atoms with Crippen molar-refractivity contribution in [3.8, 4) is 0 Å². The monoisotopic (exact) mass is 461 g/mol. The van der Waals surface area contributed by atoms with Gasteiger partial charge in [0.15, 0.2) is 0 Å². The van der Waals surface area contributed by atoms with Gasteiger partial charge in [-0.1, -0.05) is 72.6 Å². The van der Waals surface area contributed by atoms with E-state index < -0.39 is 0 Å². The maximum atomic E-state index is 6.21. The molecular formula is C27H25Cl2N3. The third-order valence-corrected chi connectivity index (χ3v) is 6.78. The predicted molar refractivity (Wildman–Crippen MR) is 136 cm³/mol. The van der Waals surface area contributed by atoms with Gasteiger partial charge in [-0.3, -0.25) is 9.91 Å². The van der Waals surface area contributed by atoms with Gasteiger partial charge in [-0.05, 0) is 65.7 Å². The molecule has 0 saturated carbocycles. The lowest BCUT2D eigenvalue weighted by atomic mass is 9.83. The summed E-state index contributed by atoms with van der Waals surface area (Å²) in [7, 11) is 0. The minimum atomic E-state index is 0.118. The summed E-state index contributed by atoms with van der Waals surface area (Å²) in [6.45, 7) is 5.10. The minimum Gasteiger partial charge on any atom is -0.299 e. The molecule has 5 heteroatoms. The van der Waals surface area contributed by atoms with Crippen LogP contribution in [-0.2, 0) is 0 Å². The first-order chi connectivity index (χ1) is 15.6. The largest absolute Gasteiger partial charge is 0.299 e. The van der Waals surface area contributed by atoms with E-state index in [1.54, 1.807) is 0 Å². The van der Waals surface area contributed by atoms with Crippen molar-refractivity contribution in [3.05, 3.63) is 106 Å². The van der Waals surface area contributed by atoms with Crippen molar-refractivity contribution < 1.29 is 0 Å². The molecule has 0 spiro atoms. The van der Waals surface area contributed by atoms with Gasteiger partial charge in [-0.2, -0.15) is 5.10 Å². The fourth-order valence-corrected chi connectivity index (χ4v) is 4.93. The molecule has 3 aromatic carbocycles. The number of likely N-dealkylation sites (N-methyl/N-ethyl adjacent to an activating group) is 1. The Hall–Kier alpha value is -2.59. The molecular weight excluding hydrogens is 437 g/mol. The normalized spacial score (nSPS) is 22.2. The van der Waals surface area contributed by atoms with E-state index in [2.05, 4.69) is 71.4 Å². The summed E-state index contributed by atoms with van der Waals surface area (Å²) in [5.74, 6) is 0.267. The summed E-state index contributed by atoms with van der Waals surface area (Å²) in [6.07, 6.45) is 2.26. The molecule has 0 aromatic heterocycles. The molecule has 2 unspecified atom stereocenters. The van der Waals surface area contributed by atoms with Crippen LogP contribution in [0.1, 0.15) is 24.1 Å². The lowest BCUT2D eigenvalue weighted by molar-refractivity contribution is 0.265. The van der Waals surface area contributed by atoms with E-state index in [0.717, 1.165) is 40.9 Å². The number of rotatable bonds is 4. The number of hydrogen-bond donors (Lipinski definition) is 0. The fourth-order valence-electron chi connectivity index (χ4n) is 4.68. The second-order valence-electron chi connectivity index (χ2n) is 8.32. The van der Waals surface area contributed by atoms with Gasteiger partial charge in [0, 0.05) is 29.1 Å². The highest BCUT2D eigenvalue weighted by Gasteiger charge is 2.43. The number of benzene rings is 3. The Labute approximate surface area is 199 Å². The van der Waals surface area contributed by atoms with E-state index in [4.69, 9.17) is 28.3 Å². The summed E-state index contributed by atoms with van der Waals surface area (Å²) >= 11 is 12.3. The van der Waals surface area contributed by atoms with Gasteiger partial charge in [-0.25, -0.2) is 0 Å². The predicted octanol–water partition coefficient (Wildman–Crippen LogP) is 6.95. The summed E-state index contributed by atoms with van der Waals surface area (Å²) in [4.78, 5) is 2.50. The van der Waals surface area contributed by atoms with Crippen molar-refractivity contribution in [1.82, 2.24) is 4.90 Å². The smallest absolute Gasteiger partial charge is 0.0872 e. The van der Waals surface area contributed by atoms with Crippen molar-refractivity contribution in [3.63, 3.8) is 0 Å². The van der Waals surface area contributed by atoms with Crippen molar-refractivity contribution in [1.29, 1.82) is 0 Å². The minimum absolute atomic E-state index is 0.118. The number of halogens is 2. The number of nitrogens with zero attached hydrogens (tertiary/aromatic N) is 3. The van der Waals surface area contributed by atoms with Crippen LogP contribution in [0, 0.1) is 5.92 Å². The van der Waals surface area contributed by atoms with E-state index in [1.165, 1.54) is 16.8 Å². The molecule has 2 atom stereocenters. The second-order valence-corrected chi connectivity index (χ2v) is 9.19. The maximum Gasteiger partial charge on any atom is 0.0872 e. The summed E-state index contributed by atoms with van der Waals surface area (Å²) in [6, 6.07) is 26.8. The number of hydrogen-bond acceptors (Lipinski definition) is 3. The zero-order chi connectivity index (χ0) is 22.1. The summed E-state index contributed by atoms with van der Waals surface area (Å²) < 4.78 is 0. The molecule has 1 fully saturated rings. The van der Waals surface area contributed by atoms with Gasteiger partial charge < -0.3 is 0 Å². The standard InChI is InChI=1S/C27H25Cl2N3/c1-2-31-17-21(16-19-8-12-22(28)13-9-19)26-25(18-31)27(20-10-14-23(29)15-11-20)32(30-26)24-6-4-3-5-7-24/h3-16,25,27H,2,17-18H2,1H3/b21-16+. The maximum absolute atomic E-state index is 6.21. The van der Waals surface area contributed by atoms with Gasteiger partial charge in [0.2, 0.25) is 0 Å². The molecule has 0 radical (unpaired) electrons. The van der Waals surface area contributed by atoms with Gasteiger partial charge in [-0.15, -0.1) is 0 Å². The highest BCUT2D eigenvalue weighted by molar-refractivity contribution is 6.30. The molecule has 1 saturated heterocycles. The number of para-hydroxylation sites is 1. The van der Waals surface area contributed by atoms with Gasteiger partial charge in [0.1, 0.15) is 0 Å². The van der Waals surface area contributed by atoms with Crippen LogP contribution in [0.5, 0.6) is 0 Å². The first-order valence-corrected chi connectivity index (χ1v) is 11.7. The average Bonchev–Trinajstić information content (AvgIpc) is 3.21. The molecule has 32 heavy (non-hydrogen) atoms. The van der Waals surface area contributed by atoms with Gasteiger partial charge in [0.05, 0.1) is 17.4 Å². The molecule has 3 aromatic rings. The Bertz CT molecular complexity index is 1140. The van der Waals surface area contributed by atoms with Crippen LogP contribution in [0.3, 0.4) is 0 Å². The molecule has 0 N–H and O–H groups in total. The molecule has 0 aliphatic carbocycles. The molecule has 2 aliphatic heterocycles. The number of likely N-dealkylation sites (tertiary alicyclic amines) is 1. The number of fused-ring (bicyclic) bond motifs is 1. The second kappa shape index (κ2) is 9.11. The zero-order valence-corrected chi connectivity index (χ0v) is 19.5. The third kappa shape index (κ3) is 4.21. The van der Waals surface area contributed by atoms with Crippen LogP contribution in [0.4, 0.5) is 5.69 Å². The number of anilines is 1. The third-order valence-electron chi connectivity index (χ3n) is 6.28. The Balaban J connectivity index is 1.61. The van der Waals surface area contributed by atoms with Crippen LogP contribution >= 0.6 is 23.2 Å². The molecule has 0 amide bonds. The Morgan fingerprint density at radius 1 is 0.906 bits per heavy atom. The van der Waals surface area contributed by atoms with E-state index in [-0.39, 0.29) is 12.0 Å². The van der Waals surface area contributed by atoms with Crippen molar-refractivity contribution in [2.75, 3.05) is 24.6 Å². The SMILES string of the molecule is CCN1C/C(=C\c2ccc(Cl)cc2)C2=NN(c3ccccc3)C(c3ccc(Cl)cc3)C2C1. The Morgan fingerprint density at radius 2 is 1.56 bits per heavy atom. The van der Waals surface area contributed by atoms with Crippen molar-refractivity contribution >= 4 is 40.7 Å². The Kier molecular flexibility index (Phi) is 6.05. The first kappa shape index (κ1) is 21.3. The van der Waals surface area contributed by atoms with Crippen LogP contribution < -0.4 is 5.01 Å². The number of hydrazone groups is 1. The zero-order valence-electron chi connectivity index (χ0n) is 18.0. The van der Waals surface area contributed by atoms with E-state index >= 15 is 0 Å². The van der Waals surface area contributed by atoms with Crippen LogP contribution in [0.25, 0.3) is 6.08 Å². The summed E-state index contributed by atoms with van der Waals surface area (Å²) in [5.41, 5.74) is 5.91. The lowest BCUT2D eigenvalue weighted by Crippen LogP contribution is -2.43. The molecule has 5 rings (SSSR count). The number of piperidine rings is 1. The first-order valence-electron chi connectivity index (χ1n) is 11.0. The fraction of sp³-hybridized carbons (Fsp3) is 0.222. The topological polar surface area (TPSA) is 18.8 Å². The molecule has 3 nitrogen and oxygen atoms in total. The van der Waals surface area contributed by atoms with Gasteiger partial charge in [0.25, 0.3) is 0 Å². The average molecular weight is 462 g/mol. The highest BCUT2D eigenvalue weighted by atomic mass is 35.5. The lowest BCUT2D eigenvalue weighted by Gasteiger charge is -2.36. The van der Waals surface area contributed by atoms with Crippen LogP contribution in [0.15, 0.2) is 89.5 Å². The molecule has 2 heterocycles. The van der Waals surface area contributed by atoms with Crippen molar-refractivity contribution in [2.45, 2.75) is 13.0 Å². The quantitative estimate of drug-likeness (QED) is 0.418. The molecule has 2 aliphatic rings. The van der Waals surface area contributed by atoms with E-state index in [9.17, 15) is 0 Å².